The van der Waals surface area contributed by atoms with Gasteiger partial charge in [0.25, 0.3) is 0 Å². The summed E-state index contributed by atoms with van der Waals surface area (Å²) in [5, 5.41) is 16.5. The molecule has 1 aromatic heterocycles. The van der Waals surface area contributed by atoms with Crippen LogP contribution in [0, 0.1) is 6.92 Å². The first-order chi connectivity index (χ1) is 12.6. The summed E-state index contributed by atoms with van der Waals surface area (Å²) < 4.78 is 6.81. The van der Waals surface area contributed by atoms with Gasteiger partial charge in [-0.1, -0.05) is 6.07 Å². The maximum atomic E-state index is 12.1. The van der Waals surface area contributed by atoms with Crippen LogP contribution in [-0.2, 0) is 14.3 Å². The minimum atomic E-state index is -0.711. The summed E-state index contributed by atoms with van der Waals surface area (Å²) in [5.41, 5.74) is 1.18. The van der Waals surface area contributed by atoms with Crippen LogP contribution in [0.5, 0.6) is 0 Å². The van der Waals surface area contributed by atoms with Crippen molar-refractivity contribution in [1.82, 2.24) is 30.4 Å². The van der Waals surface area contributed by atoms with E-state index < -0.39 is 11.8 Å². The van der Waals surface area contributed by atoms with Gasteiger partial charge in [-0.3, -0.25) is 14.5 Å². The Bertz CT molecular complexity index is 771. The third-order valence-electron chi connectivity index (χ3n) is 4.00. The van der Waals surface area contributed by atoms with Crippen LogP contribution in [-0.4, -0.2) is 76.3 Å². The normalized spacial score (nSPS) is 14.8. The van der Waals surface area contributed by atoms with Gasteiger partial charge >= 0.3 is 11.8 Å². The van der Waals surface area contributed by atoms with Crippen molar-refractivity contribution in [1.29, 1.82) is 0 Å². The maximum absolute atomic E-state index is 12.1. The van der Waals surface area contributed by atoms with Crippen LogP contribution in [0.2, 0.25) is 0 Å². The van der Waals surface area contributed by atoms with Crippen LogP contribution in [0.15, 0.2) is 24.3 Å². The lowest BCUT2D eigenvalue weighted by molar-refractivity contribution is -0.136. The first-order valence-corrected chi connectivity index (χ1v) is 8.38. The molecule has 0 aliphatic carbocycles. The highest BCUT2D eigenvalue weighted by atomic mass is 16.5. The number of hydrogen-bond acceptors (Lipinski definition) is 7. The van der Waals surface area contributed by atoms with Crippen molar-refractivity contribution >= 4 is 17.5 Å². The van der Waals surface area contributed by atoms with Crippen LogP contribution < -0.4 is 10.6 Å². The Hall–Kier alpha value is -2.85. The molecule has 0 saturated carbocycles. The van der Waals surface area contributed by atoms with E-state index in [1.54, 1.807) is 31.2 Å². The molecular weight excluding hydrogens is 338 g/mol. The van der Waals surface area contributed by atoms with E-state index in [0.29, 0.717) is 43.5 Å². The number of amides is 2. The minimum absolute atomic E-state index is 0.413. The lowest BCUT2D eigenvalue weighted by Crippen LogP contribution is -2.43. The molecule has 26 heavy (non-hydrogen) atoms. The summed E-state index contributed by atoms with van der Waals surface area (Å²) in [7, 11) is 0. The largest absolute Gasteiger partial charge is 0.379 e. The highest BCUT2D eigenvalue weighted by Gasteiger charge is 2.15. The van der Waals surface area contributed by atoms with E-state index in [1.165, 1.54) is 4.68 Å². The van der Waals surface area contributed by atoms with E-state index in [4.69, 9.17) is 4.74 Å². The molecule has 0 atom stereocenters. The van der Waals surface area contributed by atoms with Gasteiger partial charge in [0.05, 0.1) is 18.9 Å². The molecule has 2 heterocycles. The standard InChI is InChI=1S/C16H21N7O3/c1-12-19-20-21-23(12)14-4-2-3-13(11-14)18-16(25)15(24)17-5-6-22-7-9-26-10-8-22/h2-4,11H,5-10H2,1H3,(H,17,24)(H,18,25). The second-order valence-electron chi connectivity index (χ2n) is 5.85. The Balaban J connectivity index is 1.51. The molecule has 2 aromatic rings. The molecule has 10 heteroatoms. The molecule has 10 nitrogen and oxygen atoms in total. The number of nitrogens with one attached hydrogen (secondary N) is 2. The molecule has 1 saturated heterocycles. The second-order valence-corrected chi connectivity index (χ2v) is 5.85. The Morgan fingerprint density at radius 3 is 2.77 bits per heavy atom. The molecule has 0 radical (unpaired) electrons. The molecule has 0 unspecified atom stereocenters. The smallest absolute Gasteiger partial charge is 0.313 e. The molecule has 2 N–H and O–H groups in total. The predicted octanol–water partition coefficient (Wildman–Crippen LogP) is -0.642. The SMILES string of the molecule is Cc1nnnn1-c1cccc(NC(=O)C(=O)NCCN2CCOCC2)c1. The van der Waals surface area contributed by atoms with Gasteiger partial charge in [-0.05, 0) is 35.5 Å². The number of nitrogens with zero attached hydrogens (tertiary/aromatic N) is 5. The molecule has 0 bridgehead atoms. The fraction of sp³-hybridized carbons (Fsp3) is 0.438. The van der Waals surface area contributed by atoms with E-state index in [9.17, 15) is 9.59 Å². The summed E-state index contributed by atoms with van der Waals surface area (Å²) in [6, 6.07) is 6.95. The molecule has 138 valence electrons. The molecule has 0 spiro atoms. The van der Waals surface area contributed by atoms with E-state index in [2.05, 4.69) is 31.1 Å². The Morgan fingerprint density at radius 1 is 1.23 bits per heavy atom. The molecule has 1 aromatic carbocycles. The van der Waals surface area contributed by atoms with Gasteiger partial charge in [-0.25, -0.2) is 0 Å². The number of aromatic nitrogens is 4. The number of ether oxygens (including phenoxy) is 1. The molecule has 1 aliphatic rings. The third-order valence-corrected chi connectivity index (χ3v) is 4.00. The Labute approximate surface area is 150 Å². The van der Waals surface area contributed by atoms with Gasteiger partial charge in [0.1, 0.15) is 0 Å². The highest BCUT2D eigenvalue weighted by molar-refractivity contribution is 6.39. The van der Waals surface area contributed by atoms with Crippen LogP contribution in [0.3, 0.4) is 0 Å². The minimum Gasteiger partial charge on any atom is -0.379 e. The number of rotatable bonds is 5. The van der Waals surface area contributed by atoms with Crippen LogP contribution >= 0.6 is 0 Å². The van der Waals surface area contributed by atoms with Crippen molar-refractivity contribution in [2.45, 2.75) is 6.92 Å². The summed E-state index contributed by atoms with van der Waals surface area (Å²) in [5.74, 6) is -0.755. The zero-order chi connectivity index (χ0) is 18.4. The van der Waals surface area contributed by atoms with Gasteiger partial charge < -0.3 is 15.4 Å². The Kier molecular flexibility index (Phi) is 5.87. The van der Waals surface area contributed by atoms with Gasteiger partial charge in [-0.2, -0.15) is 4.68 Å². The summed E-state index contributed by atoms with van der Waals surface area (Å²) in [6.07, 6.45) is 0. The molecular formula is C16H21N7O3. The van der Waals surface area contributed by atoms with E-state index >= 15 is 0 Å². The van der Waals surface area contributed by atoms with Crippen LogP contribution in [0.4, 0.5) is 5.69 Å². The van der Waals surface area contributed by atoms with Crippen LogP contribution in [0.1, 0.15) is 5.82 Å². The molecule has 2 amide bonds. The number of hydrogen-bond donors (Lipinski definition) is 2. The first-order valence-electron chi connectivity index (χ1n) is 8.38. The van der Waals surface area contributed by atoms with Gasteiger partial charge in [0, 0.05) is 31.9 Å². The van der Waals surface area contributed by atoms with Gasteiger partial charge in [-0.15, -0.1) is 5.10 Å². The average molecular weight is 359 g/mol. The number of tetrazole rings is 1. The van der Waals surface area contributed by atoms with Crippen LogP contribution in [0.25, 0.3) is 5.69 Å². The first kappa shape index (κ1) is 18.0. The number of anilines is 1. The maximum Gasteiger partial charge on any atom is 0.313 e. The Morgan fingerprint density at radius 2 is 2.04 bits per heavy atom. The van der Waals surface area contributed by atoms with Crippen molar-refractivity contribution in [3.8, 4) is 5.69 Å². The average Bonchev–Trinajstić information content (AvgIpc) is 3.08. The van der Waals surface area contributed by atoms with Crippen molar-refractivity contribution in [3.05, 3.63) is 30.1 Å². The zero-order valence-electron chi connectivity index (χ0n) is 14.5. The third kappa shape index (κ3) is 4.61. The zero-order valence-corrected chi connectivity index (χ0v) is 14.5. The van der Waals surface area contributed by atoms with E-state index in [1.807, 2.05) is 0 Å². The molecule has 3 rings (SSSR count). The topological polar surface area (TPSA) is 114 Å². The highest BCUT2D eigenvalue weighted by Crippen LogP contribution is 2.14. The van der Waals surface area contributed by atoms with Crippen molar-refractivity contribution < 1.29 is 14.3 Å². The summed E-state index contributed by atoms with van der Waals surface area (Å²) in [6.45, 7) is 5.95. The quantitative estimate of drug-likeness (QED) is 0.682. The predicted molar refractivity (Wildman–Crippen MR) is 92.8 cm³/mol. The lowest BCUT2D eigenvalue weighted by Gasteiger charge is -2.26. The lowest BCUT2D eigenvalue weighted by atomic mass is 10.2. The van der Waals surface area contributed by atoms with Crippen molar-refractivity contribution in [2.75, 3.05) is 44.7 Å². The number of carbonyl (C=O) groups excluding carboxylic acids is 2. The van der Waals surface area contributed by atoms with Gasteiger partial charge in [0.2, 0.25) is 0 Å². The molecule has 1 fully saturated rings. The number of morpholine rings is 1. The molecule has 1 aliphatic heterocycles. The monoisotopic (exact) mass is 359 g/mol. The van der Waals surface area contributed by atoms with Crippen molar-refractivity contribution in [2.24, 2.45) is 0 Å². The second kappa shape index (κ2) is 8.50. The fourth-order valence-electron chi connectivity index (χ4n) is 2.61. The van der Waals surface area contributed by atoms with Crippen molar-refractivity contribution in [3.63, 3.8) is 0 Å². The van der Waals surface area contributed by atoms with E-state index in [0.717, 1.165) is 13.1 Å². The summed E-state index contributed by atoms with van der Waals surface area (Å²) in [4.78, 5) is 26.2. The van der Waals surface area contributed by atoms with E-state index in [-0.39, 0.29) is 0 Å². The number of carbonyl (C=O) groups is 2. The van der Waals surface area contributed by atoms with Gasteiger partial charge in [0.15, 0.2) is 5.82 Å². The number of benzene rings is 1. The number of aryl methyl sites for hydroxylation is 1. The fourth-order valence-corrected chi connectivity index (χ4v) is 2.61. The summed E-state index contributed by atoms with van der Waals surface area (Å²) >= 11 is 0.